The van der Waals surface area contributed by atoms with E-state index in [0.717, 1.165) is 0 Å². The second-order valence-corrected chi connectivity index (χ2v) is 6.07. The van der Waals surface area contributed by atoms with Crippen LogP contribution in [0.4, 0.5) is 4.39 Å². The zero-order valence-corrected chi connectivity index (χ0v) is 16.4. The monoisotopic (exact) mass is 401 g/mol. The third kappa shape index (κ3) is 4.16. The predicted molar refractivity (Wildman–Crippen MR) is 102 cm³/mol. The number of esters is 1. The molecule has 8 heteroatoms. The van der Waals surface area contributed by atoms with Crippen LogP contribution in [-0.4, -0.2) is 32.5 Å². The highest BCUT2D eigenvalue weighted by atomic mass is 19.1. The number of aromatic nitrogens is 1. The first-order chi connectivity index (χ1) is 14.0. The van der Waals surface area contributed by atoms with E-state index in [1.54, 1.807) is 25.1 Å². The molecule has 0 saturated heterocycles. The summed E-state index contributed by atoms with van der Waals surface area (Å²) in [6.07, 6.45) is 0. The van der Waals surface area contributed by atoms with Crippen LogP contribution in [0.25, 0.3) is 11.3 Å². The van der Waals surface area contributed by atoms with Crippen LogP contribution in [0.15, 0.2) is 40.9 Å². The van der Waals surface area contributed by atoms with Crippen molar-refractivity contribution in [3.05, 3.63) is 59.0 Å². The number of carbonyl (C=O) groups is 1. The summed E-state index contributed by atoms with van der Waals surface area (Å²) >= 11 is 0. The SMILES string of the molecule is COc1cc(OC)c(C(=O)OCc2noc(-c3ccc(F)cc3)c2C)cc1OC. The molecule has 0 amide bonds. The molecule has 0 unspecified atom stereocenters. The van der Waals surface area contributed by atoms with Gasteiger partial charge in [-0.3, -0.25) is 0 Å². The highest BCUT2D eigenvalue weighted by Crippen LogP contribution is 2.35. The first-order valence-corrected chi connectivity index (χ1v) is 8.66. The Morgan fingerprint density at radius 2 is 1.62 bits per heavy atom. The van der Waals surface area contributed by atoms with Gasteiger partial charge in [0.05, 0.1) is 21.3 Å². The van der Waals surface area contributed by atoms with E-state index in [0.29, 0.717) is 34.1 Å². The van der Waals surface area contributed by atoms with Crippen molar-refractivity contribution in [2.45, 2.75) is 13.5 Å². The van der Waals surface area contributed by atoms with Crippen LogP contribution < -0.4 is 14.2 Å². The number of hydrogen-bond acceptors (Lipinski definition) is 7. The van der Waals surface area contributed by atoms with Crippen molar-refractivity contribution in [1.29, 1.82) is 0 Å². The average molecular weight is 401 g/mol. The summed E-state index contributed by atoms with van der Waals surface area (Å²) in [5.74, 6) is 0.613. The molecule has 0 fully saturated rings. The van der Waals surface area contributed by atoms with Gasteiger partial charge < -0.3 is 23.5 Å². The van der Waals surface area contributed by atoms with Crippen molar-refractivity contribution in [3.63, 3.8) is 0 Å². The summed E-state index contributed by atoms with van der Waals surface area (Å²) in [6, 6.07) is 8.88. The molecule has 0 saturated carbocycles. The number of ether oxygens (including phenoxy) is 4. The van der Waals surface area contributed by atoms with Crippen LogP contribution >= 0.6 is 0 Å². The topological polar surface area (TPSA) is 80.0 Å². The Bertz CT molecular complexity index is 1010. The molecule has 0 atom stereocenters. The standard InChI is InChI=1S/C21H20FNO6/c1-12-16(23-29-20(12)13-5-7-14(22)8-6-13)11-28-21(24)15-9-18(26-3)19(27-4)10-17(15)25-2/h5-10H,11H2,1-4H3. The lowest BCUT2D eigenvalue weighted by Gasteiger charge is -2.13. The van der Waals surface area contributed by atoms with E-state index in [2.05, 4.69) is 5.16 Å². The van der Waals surface area contributed by atoms with E-state index in [9.17, 15) is 9.18 Å². The molecular weight excluding hydrogens is 381 g/mol. The lowest BCUT2D eigenvalue weighted by atomic mass is 10.1. The van der Waals surface area contributed by atoms with E-state index < -0.39 is 5.97 Å². The Morgan fingerprint density at radius 3 is 2.24 bits per heavy atom. The molecule has 29 heavy (non-hydrogen) atoms. The van der Waals surface area contributed by atoms with E-state index in [1.165, 1.54) is 39.5 Å². The van der Waals surface area contributed by atoms with Crippen molar-refractivity contribution in [2.24, 2.45) is 0 Å². The molecule has 0 spiro atoms. The maximum Gasteiger partial charge on any atom is 0.342 e. The number of hydrogen-bond donors (Lipinski definition) is 0. The summed E-state index contributed by atoms with van der Waals surface area (Å²) in [7, 11) is 4.39. The van der Waals surface area contributed by atoms with Crippen molar-refractivity contribution in [2.75, 3.05) is 21.3 Å². The van der Waals surface area contributed by atoms with Crippen molar-refractivity contribution >= 4 is 5.97 Å². The largest absolute Gasteiger partial charge is 0.496 e. The molecular formula is C21H20FNO6. The normalized spacial score (nSPS) is 10.5. The molecule has 7 nitrogen and oxygen atoms in total. The van der Waals surface area contributed by atoms with Gasteiger partial charge in [-0.1, -0.05) is 5.16 Å². The van der Waals surface area contributed by atoms with Gasteiger partial charge in [0, 0.05) is 23.3 Å². The van der Waals surface area contributed by atoms with Gasteiger partial charge in [0.2, 0.25) is 0 Å². The van der Waals surface area contributed by atoms with Gasteiger partial charge in [-0.05, 0) is 31.2 Å². The molecule has 3 rings (SSSR count). The third-order valence-electron chi connectivity index (χ3n) is 4.39. The van der Waals surface area contributed by atoms with Crippen LogP contribution in [0.1, 0.15) is 21.6 Å². The summed E-state index contributed by atoms with van der Waals surface area (Å²) in [5, 5.41) is 3.96. The lowest BCUT2D eigenvalue weighted by molar-refractivity contribution is 0.0459. The molecule has 0 N–H and O–H groups in total. The maximum atomic E-state index is 13.1. The first kappa shape index (κ1) is 20.2. The Hall–Kier alpha value is -3.55. The molecule has 0 aliphatic heterocycles. The number of carbonyl (C=O) groups excluding carboxylic acids is 1. The summed E-state index contributed by atoms with van der Waals surface area (Å²) in [4.78, 5) is 12.6. The number of nitrogens with zero attached hydrogens (tertiary/aromatic N) is 1. The van der Waals surface area contributed by atoms with E-state index in [4.69, 9.17) is 23.5 Å². The molecule has 152 valence electrons. The zero-order valence-electron chi connectivity index (χ0n) is 16.4. The molecule has 2 aromatic carbocycles. The molecule has 0 bridgehead atoms. The molecule has 1 aromatic heterocycles. The lowest BCUT2D eigenvalue weighted by Crippen LogP contribution is -2.09. The fraction of sp³-hybridized carbons (Fsp3) is 0.238. The summed E-state index contributed by atoms with van der Waals surface area (Å²) in [6.45, 7) is 1.68. The number of methoxy groups -OCH3 is 3. The van der Waals surface area contributed by atoms with Crippen molar-refractivity contribution in [3.8, 4) is 28.6 Å². The Balaban J connectivity index is 1.79. The molecule has 0 radical (unpaired) electrons. The smallest absolute Gasteiger partial charge is 0.342 e. The highest BCUT2D eigenvalue weighted by molar-refractivity contribution is 5.93. The second kappa shape index (κ2) is 8.64. The quantitative estimate of drug-likeness (QED) is 0.550. The molecule has 3 aromatic rings. The maximum absolute atomic E-state index is 13.1. The minimum atomic E-state index is -0.617. The van der Waals surface area contributed by atoms with Crippen LogP contribution in [0.3, 0.4) is 0 Å². The van der Waals surface area contributed by atoms with Crippen LogP contribution in [0.2, 0.25) is 0 Å². The summed E-state index contributed by atoms with van der Waals surface area (Å²) in [5.41, 5.74) is 2.02. The van der Waals surface area contributed by atoms with Crippen LogP contribution in [-0.2, 0) is 11.3 Å². The zero-order chi connectivity index (χ0) is 21.0. The van der Waals surface area contributed by atoms with Crippen LogP contribution in [0, 0.1) is 12.7 Å². The van der Waals surface area contributed by atoms with Crippen molar-refractivity contribution in [1.82, 2.24) is 5.16 Å². The highest BCUT2D eigenvalue weighted by Gasteiger charge is 2.21. The van der Waals surface area contributed by atoms with E-state index in [1.807, 2.05) is 0 Å². The van der Waals surface area contributed by atoms with Crippen LogP contribution in [0.5, 0.6) is 17.2 Å². The average Bonchev–Trinajstić information content (AvgIpc) is 3.11. The number of benzene rings is 2. The Kier molecular flexibility index (Phi) is 6.01. The van der Waals surface area contributed by atoms with Crippen molar-refractivity contribution < 1.29 is 32.7 Å². The molecule has 1 heterocycles. The van der Waals surface area contributed by atoms with Gasteiger partial charge in [-0.2, -0.15) is 0 Å². The fourth-order valence-electron chi connectivity index (χ4n) is 2.77. The van der Waals surface area contributed by atoms with Gasteiger partial charge in [-0.15, -0.1) is 0 Å². The van der Waals surface area contributed by atoms with Gasteiger partial charge >= 0.3 is 5.97 Å². The Morgan fingerprint density at radius 1 is 1.00 bits per heavy atom. The number of rotatable bonds is 7. The minimum absolute atomic E-state index is 0.104. The fourth-order valence-corrected chi connectivity index (χ4v) is 2.77. The summed E-state index contributed by atoms with van der Waals surface area (Å²) < 4.78 is 39.5. The molecule has 0 aliphatic rings. The van der Waals surface area contributed by atoms with E-state index in [-0.39, 0.29) is 23.7 Å². The minimum Gasteiger partial charge on any atom is -0.496 e. The second-order valence-electron chi connectivity index (χ2n) is 6.07. The van der Waals surface area contributed by atoms with Gasteiger partial charge in [0.15, 0.2) is 17.3 Å². The van der Waals surface area contributed by atoms with E-state index >= 15 is 0 Å². The van der Waals surface area contributed by atoms with Gasteiger partial charge in [-0.25, -0.2) is 9.18 Å². The first-order valence-electron chi connectivity index (χ1n) is 8.66. The predicted octanol–water partition coefficient (Wildman–Crippen LogP) is 4.17. The number of halogens is 1. The third-order valence-corrected chi connectivity index (χ3v) is 4.39. The van der Waals surface area contributed by atoms with Gasteiger partial charge in [0.25, 0.3) is 0 Å². The molecule has 0 aliphatic carbocycles. The van der Waals surface area contributed by atoms with Gasteiger partial charge in [0.1, 0.15) is 29.4 Å². The Labute approximate surface area is 166 Å².